The van der Waals surface area contributed by atoms with Gasteiger partial charge in [0.2, 0.25) is 0 Å². The summed E-state index contributed by atoms with van der Waals surface area (Å²) in [4.78, 5) is 11.9. The fraction of sp³-hybridized carbons (Fsp3) is 0.0370. The molecule has 0 spiro atoms. The van der Waals surface area contributed by atoms with E-state index in [-0.39, 0.29) is 11.1 Å². The average Bonchev–Trinajstić information content (AvgIpc) is 2.92. The zero-order chi connectivity index (χ0) is 24.9. The Hall–Kier alpha value is -3.98. The molecule has 0 aliphatic heterocycles. The number of anilines is 1. The summed E-state index contributed by atoms with van der Waals surface area (Å²) in [6.07, 6.45) is 0. The second-order valence-electron chi connectivity index (χ2n) is 7.88. The predicted octanol–water partition coefficient (Wildman–Crippen LogP) is 7.27. The monoisotopic (exact) mass is 513 g/mol. The maximum Gasteiger partial charge on any atom is 0.269 e. The third-order valence-corrected chi connectivity index (χ3v) is 6.93. The number of nitrogens with one attached hydrogen (secondary N) is 2. The van der Waals surface area contributed by atoms with E-state index >= 15 is 0 Å². The molecule has 0 amide bonds. The second kappa shape index (κ2) is 10.7. The Labute approximate surface area is 216 Å². The quantitative estimate of drug-likeness (QED) is 0.0975. The molecule has 5 aromatic rings. The minimum absolute atomic E-state index is 0.0217. The van der Waals surface area contributed by atoms with E-state index in [0.717, 1.165) is 32.5 Å². The lowest BCUT2D eigenvalue weighted by Gasteiger charge is -2.20. The summed E-state index contributed by atoms with van der Waals surface area (Å²) in [6, 6.07) is 31.8. The van der Waals surface area contributed by atoms with E-state index in [0.29, 0.717) is 10.8 Å². The fourth-order valence-electron chi connectivity index (χ4n) is 3.77. The Kier molecular flexibility index (Phi) is 7.08. The smallest absolute Gasteiger partial charge is 0.269 e. The number of thioether (sulfide) groups is 1. The maximum atomic E-state index is 11.4. The largest absolute Gasteiger partial charge is 0.302 e. The molecule has 0 aliphatic carbocycles. The highest BCUT2D eigenvalue weighted by molar-refractivity contribution is 7.99. The van der Waals surface area contributed by atoms with Crippen LogP contribution in [0.1, 0.15) is 10.9 Å². The normalized spacial score (nSPS) is 11.8. The predicted molar refractivity (Wildman–Crippen MR) is 145 cm³/mol. The van der Waals surface area contributed by atoms with Gasteiger partial charge in [-0.3, -0.25) is 10.1 Å². The van der Waals surface area contributed by atoms with Crippen LogP contribution >= 0.6 is 23.4 Å². The van der Waals surface area contributed by atoms with Gasteiger partial charge in [-0.2, -0.15) is 0 Å². The minimum atomic E-state index is -0.401. The molecule has 0 fully saturated rings. The molecule has 1 unspecified atom stereocenters. The van der Waals surface area contributed by atoms with Crippen LogP contribution in [-0.2, 0) is 0 Å². The van der Waals surface area contributed by atoms with Crippen LogP contribution in [0.5, 0.6) is 0 Å². The van der Waals surface area contributed by atoms with Crippen molar-refractivity contribution in [3.63, 3.8) is 0 Å². The number of benzene rings is 4. The molecule has 36 heavy (non-hydrogen) atoms. The standard InChI is InChI=1S/C27H20ClN5O2S/c28-20-13-15-22(16-14-20)36-27(19-9-6-10-21(17-19)33(34)35)32-31-26-24-12-5-4-11-23(24)25(29-30-26)18-7-2-1-3-8-18/h1-17,27,32H,(H,30,31). The molecule has 2 N–H and O–H groups in total. The van der Waals surface area contributed by atoms with Crippen molar-refractivity contribution in [3.8, 4) is 11.3 Å². The van der Waals surface area contributed by atoms with Crippen molar-refractivity contribution in [1.29, 1.82) is 0 Å². The number of hydrazine groups is 1. The molecular weight excluding hydrogens is 494 g/mol. The Bertz CT molecular complexity index is 1520. The first-order valence-electron chi connectivity index (χ1n) is 11.1. The summed E-state index contributed by atoms with van der Waals surface area (Å²) in [6.45, 7) is 0. The van der Waals surface area contributed by atoms with Gasteiger partial charge in [0, 0.05) is 38.4 Å². The molecule has 0 saturated heterocycles. The van der Waals surface area contributed by atoms with Gasteiger partial charge in [0.25, 0.3) is 5.69 Å². The van der Waals surface area contributed by atoms with Crippen molar-refractivity contribution in [1.82, 2.24) is 15.6 Å². The number of aromatic nitrogens is 2. The molecule has 0 bridgehead atoms. The van der Waals surface area contributed by atoms with Gasteiger partial charge in [-0.25, -0.2) is 5.43 Å². The summed E-state index contributed by atoms with van der Waals surface area (Å²) in [5.41, 5.74) is 9.02. The third-order valence-electron chi connectivity index (χ3n) is 5.51. The summed E-state index contributed by atoms with van der Waals surface area (Å²) >= 11 is 7.54. The van der Waals surface area contributed by atoms with Crippen LogP contribution in [0, 0.1) is 10.1 Å². The SMILES string of the molecule is O=[N+]([O-])c1cccc(C(NNc2nnc(-c3ccccc3)c3ccccc23)Sc2ccc(Cl)cc2)c1. The molecule has 4 aromatic carbocycles. The number of non-ortho nitro benzene ring substituents is 1. The average molecular weight is 514 g/mol. The van der Waals surface area contributed by atoms with Gasteiger partial charge >= 0.3 is 0 Å². The number of nitro benzene ring substituents is 1. The lowest BCUT2D eigenvalue weighted by molar-refractivity contribution is -0.384. The van der Waals surface area contributed by atoms with Gasteiger partial charge in [-0.1, -0.05) is 78.3 Å². The molecule has 0 aliphatic rings. The topological polar surface area (TPSA) is 93.0 Å². The van der Waals surface area contributed by atoms with Gasteiger partial charge in [0.15, 0.2) is 5.82 Å². The first-order valence-corrected chi connectivity index (χ1v) is 12.3. The number of hydrogen-bond donors (Lipinski definition) is 2. The Morgan fingerprint density at radius 2 is 1.56 bits per heavy atom. The van der Waals surface area contributed by atoms with Crippen molar-refractivity contribution in [2.75, 3.05) is 5.43 Å². The highest BCUT2D eigenvalue weighted by Gasteiger charge is 2.18. The van der Waals surface area contributed by atoms with E-state index in [1.165, 1.54) is 17.8 Å². The molecule has 9 heteroatoms. The molecule has 7 nitrogen and oxygen atoms in total. The summed E-state index contributed by atoms with van der Waals surface area (Å²) in [5.74, 6) is 0.553. The lowest BCUT2D eigenvalue weighted by Crippen LogP contribution is -2.26. The van der Waals surface area contributed by atoms with Gasteiger partial charge in [-0.05, 0) is 29.8 Å². The van der Waals surface area contributed by atoms with Crippen LogP contribution in [0.25, 0.3) is 22.0 Å². The van der Waals surface area contributed by atoms with Crippen molar-refractivity contribution in [2.24, 2.45) is 0 Å². The number of hydrogen-bond acceptors (Lipinski definition) is 7. The number of rotatable bonds is 8. The Morgan fingerprint density at radius 1 is 0.833 bits per heavy atom. The zero-order valence-corrected chi connectivity index (χ0v) is 20.4. The first-order chi connectivity index (χ1) is 17.6. The highest BCUT2D eigenvalue weighted by atomic mass is 35.5. The van der Waals surface area contributed by atoms with Crippen LogP contribution in [0.15, 0.2) is 108 Å². The minimum Gasteiger partial charge on any atom is -0.302 e. The number of fused-ring (bicyclic) bond motifs is 1. The van der Waals surface area contributed by atoms with Crippen LogP contribution in [0.4, 0.5) is 11.5 Å². The van der Waals surface area contributed by atoms with Gasteiger partial charge in [0.05, 0.1) is 4.92 Å². The van der Waals surface area contributed by atoms with E-state index in [1.807, 2.05) is 84.9 Å². The van der Waals surface area contributed by atoms with Crippen molar-refractivity contribution in [3.05, 3.63) is 124 Å². The Morgan fingerprint density at radius 3 is 2.31 bits per heavy atom. The van der Waals surface area contributed by atoms with E-state index in [2.05, 4.69) is 21.0 Å². The van der Waals surface area contributed by atoms with Gasteiger partial charge in [-0.15, -0.1) is 22.0 Å². The van der Waals surface area contributed by atoms with Gasteiger partial charge in [0.1, 0.15) is 11.1 Å². The van der Waals surface area contributed by atoms with Crippen molar-refractivity contribution < 1.29 is 4.92 Å². The maximum absolute atomic E-state index is 11.4. The molecule has 1 heterocycles. The molecule has 1 atom stereocenters. The molecule has 0 saturated carbocycles. The van der Waals surface area contributed by atoms with Crippen LogP contribution < -0.4 is 10.9 Å². The molecule has 178 valence electrons. The first kappa shape index (κ1) is 23.7. The molecule has 5 rings (SSSR count). The van der Waals surface area contributed by atoms with E-state index in [9.17, 15) is 10.1 Å². The molecule has 0 radical (unpaired) electrons. The fourth-order valence-corrected chi connectivity index (χ4v) is 4.86. The molecular formula is C27H20ClN5O2S. The van der Waals surface area contributed by atoms with Gasteiger partial charge < -0.3 is 5.43 Å². The lowest BCUT2D eigenvalue weighted by atomic mass is 10.0. The highest BCUT2D eigenvalue weighted by Crippen LogP contribution is 2.36. The van der Waals surface area contributed by atoms with Crippen molar-refractivity contribution in [2.45, 2.75) is 10.3 Å². The number of nitrogens with zero attached hydrogens (tertiary/aromatic N) is 3. The third kappa shape index (κ3) is 5.31. The zero-order valence-electron chi connectivity index (χ0n) is 18.8. The van der Waals surface area contributed by atoms with E-state index in [1.54, 1.807) is 12.1 Å². The van der Waals surface area contributed by atoms with Crippen molar-refractivity contribution >= 4 is 45.6 Å². The van der Waals surface area contributed by atoms with Crippen LogP contribution in [0.3, 0.4) is 0 Å². The van der Waals surface area contributed by atoms with E-state index in [4.69, 9.17) is 11.6 Å². The summed E-state index contributed by atoms with van der Waals surface area (Å²) in [7, 11) is 0. The Balaban J connectivity index is 1.47. The summed E-state index contributed by atoms with van der Waals surface area (Å²) in [5, 5.41) is 22.4. The molecule has 1 aromatic heterocycles. The van der Waals surface area contributed by atoms with Crippen LogP contribution in [-0.4, -0.2) is 15.1 Å². The second-order valence-corrected chi connectivity index (χ2v) is 9.50. The summed E-state index contributed by atoms with van der Waals surface area (Å²) < 4.78 is 0. The van der Waals surface area contributed by atoms with E-state index < -0.39 is 4.92 Å². The van der Waals surface area contributed by atoms with Crippen LogP contribution in [0.2, 0.25) is 5.02 Å². The number of halogens is 1. The number of nitro groups is 1.